The zero-order valence-electron chi connectivity index (χ0n) is 16.2. The maximum Gasteiger partial charge on any atom is 0.343 e. The van der Waals surface area contributed by atoms with E-state index in [4.69, 9.17) is 14.2 Å². The topological polar surface area (TPSA) is 44.8 Å². The highest BCUT2D eigenvalue weighted by Gasteiger charge is 2.22. The van der Waals surface area contributed by atoms with Crippen molar-refractivity contribution in [3.8, 4) is 22.6 Å². The maximum absolute atomic E-state index is 12.4. The third-order valence-electron chi connectivity index (χ3n) is 4.75. The Morgan fingerprint density at radius 1 is 0.793 bits per heavy atom. The molecule has 0 saturated heterocycles. The molecular formula is C25H20O4. The number of benzene rings is 3. The van der Waals surface area contributed by atoms with Crippen molar-refractivity contribution < 1.29 is 19.0 Å². The monoisotopic (exact) mass is 384 g/mol. The van der Waals surface area contributed by atoms with E-state index in [0.29, 0.717) is 22.8 Å². The number of hydrogen-bond acceptors (Lipinski definition) is 4. The highest BCUT2D eigenvalue weighted by atomic mass is 16.5. The van der Waals surface area contributed by atoms with Crippen molar-refractivity contribution in [1.29, 1.82) is 0 Å². The highest BCUT2D eigenvalue weighted by Crippen LogP contribution is 2.32. The molecule has 1 heterocycles. The fourth-order valence-corrected chi connectivity index (χ4v) is 3.19. The summed E-state index contributed by atoms with van der Waals surface area (Å²) in [6.07, 6.45) is 3.51. The van der Waals surface area contributed by atoms with Crippen molar-refractivity contribution in [2.75, 3.05) is 14.2 Å². The van der Waals surface area contributed by atoms with Crippen LogP contribution in [0, 0.1) is 0 Å². The first-order valence-electron chi connectivity index (χ1n) is 9.21. The summed E-state index contributed by atoms with van der Waals surface area (Å²) in [5, 5.41) is 0. The van der Waals surface area contributed by atoms with E-state index in [1.54, 1.807) is 32.4 Å². The summed E-state index contributed by atoms with van der Waals surface area (Å²) in [7, 11) is 3.18. The molecule has 4 heteroatoms. The molecule has 3 aromatic carbocycles. The number of cyclic esters (lactones) is 1. The van der Waals surface area contributed by atoms with Crippen LogP contribution in [-0.2, 0) is 9.53 Å². The minimum atomic E-state index is -0.384. The van der Waals surface area contributed by atoms with Gasteiger partial charge in [-0.25, -0.2) is 4.79 Å². The lowest BCUT2D eigenvalue weighted by Gasteiger charge is -2.07. The number of carbonyl (C=O) groups excluding carboxylic acids is 1. The van der Waals surface area contributed by atoms with Gasteiger partial charge in [-0.2, -0.15) is 0 Å². The largest absolute Gasteiger partial charge is 0.497 e. The van der Waals surface area contributed by atoms with E-state index in [0.717, 1.165) is 22.3 Å². The Morgan fingerprint density at radius 2 is 1.48 bits per heavy atom. The molecule has 0 atom stereocenters. The summed E-state index contributed by atoms with van der Waals surface area (Å²) in [6, 6.07) is 23.5. The van der Waals surface area contributed by atoms with Crippen LogP contribution in [0.1, 0.15) is 11.1 Å². The van der Waals surface area contributed by atoms with E-state index >= 15 is 0 Å². The van der Waals surface area contributed by atoms with Crippen LogP contribution in [-0.4, -0.2) is 20.2 Å². The van der Waals surface area contributed by atoms with Crippen LogP contribution in [0.4, 0.5) is 0 Å². The van der Waals surface area contributed by atoms with Crippen LogP contribution in [0.2, 0.25) is 0 Å². The van der Waals surface area contributed by atoms with Gasteiger partial charge in [0.15, 0.2) is 0 Å². The summed E-state index contributed by atoms with van der Waals surface area (Å²) in [5.74, 6) is 1.46. The number of methoxy groups -OCH3 is 2. The van der Waals surface area contributed by atoms with Gasteiger partial charge in [0.05, 0.1) is 19.8 Å². The second-order valence-electron chi connectivity index (χ2n) is 6.55. The molecule has 3 aromatic rings. The molecular weight excluding hydrogens is 364 g/mol. The van der Waals surface area contributed by atoms with E-state index in [1.165, 1.54) is 0 Å². The maximum atomic E-state index is 12.4. The summed E-state index contributed by atoms with van der Waals surface area (Å²) in [4.78, 5) is 12.4. The lowest BCUT2D eigenvalue weighted by atomic mass is 10.0. The average Bonchev–Trinajstić information content (AvgIpc) is 3.15. The lowest BCUT2D eigenvalue weighted by Crippen LogP contribution is -1.98. The van der Waals surface area contributed by atoms with Gasteiger partial charge in [0.25, 0.3) is 0 Å². The molecule has 4 rings (SSSR count). The van der Waals surface area contributed by atoms with Gasteiger partial charge in [0.1, 0.15) is 17.3 Å². The quantitative estimate of drug-likeness (QED) is 0.439. The van der Waals surface area contributed by atoms with Crippen molar-refractivity contribution in [3.63, 3.8) is 0 Å². The SMILES string of the molecule is COc1ccc(C=C2C=C(c3ccc(-c4ccccc4)cc3)OC2=O)c(OC)c1. The van der Waals surface area contributed by atoms with Crippen molar-refractivity contribution in [3.05, 3.63) is 95.6 Å². The van der Waals surface area contributed by atoms with Crippen LogP contribution in [0.15, 0.2) is 84.4 Å². The Balaban J connectivity index is 1.62. The van der Waals surface area contributed by atoms with E-state index in [2.05, 4.69) is 12.1 Å². The van der Waals surface area contributed by atoms with Gasteiger partial charge in [0.2, 0.25) is 0 Å². The molecule has 0 spiro atoms. The third kappa shape index (κ3) is 3.92. The number of ether oxygens (including phenoxy) is 3. The normalized spacial score (nSPS) is 14.5. The first-order valence-corrected chi connectivity index (χ1v) is 9.21. The van der Waals surface area contributed by atoms with E-state index in [9.17, 15) is 4.79 Å². The van der Waals surface area contributed by atoms with Gasteiger partial charge < -0.3 is 14.2 Å². The lowest BCUT2D eigenvalue weighted by molar-refractivity contribution is -0.130. The van der Waals surface area contributed by atoms with Crippen LogP contribution in [0.3, 0.4) is 0 Å². The second-order valence-corrected chi connectivity index (χ2v) is 6.55. The molecule has 0 amide bonds. The first-order chi connectivity index (χ1) is 14.2. The zero-order valence-corrected chi connectivity index (χ0v) is 16.2. The van der Waals surface area contributed by atoms with Crippen LogP contribution in [0.25, 0.3) is 23.0 Å². The molecule has 4 nitrogen and oxygen atoms in total. The highest BCUT2D eigenvalue weighted by molar-refractivity contribution is 6.05. The third-order valence-corrected chi connectivity index (χ3v) is 4.75. The van der Waals surface area contributed by atoms with Crippen LogP contribution in [0.5, 0.6) is 11.5 Å². The number of hydrogen-bond donors (Lipinski definition) is 0. The predicted molar refractivity (Wildman–Crippen MR) is 113 cm³/mol. The number of carbonyl (C=O) groups is 1. The molecule has 29 heavy (non-hydrogen) atoms. The number of esters is 1. The zero-order chi connectivity index (χ0) is 20.2. The van der Waals surface area contributed by atoms with Crippen molar-refractivity contribution in [1.82, 2.24) is 0 Å². The molecule has 0 fully saturated rings. The molecule has 0 unspecified atom stereocenters. The first kappa shape index (κ1) is 18.6. The van der Waals surface area contributed by atoms with Crippen molar-refractivity contribution >= 4 is 17.8 Å². The van der Waals surface area contributed by atoms with Crippen LogP contribution < -0.4 is 9.47 Å². The Bertz CT molecular complexity index is 1090. The fourth-order valence-electron chi connectivity index (χ4n) is 3.19. The van der Waals surface area contributed by atoms with Gasteiger partial charge in [-0.15, -0.1) is 0 Å². The molecule has 144 valence electrons. The van der Waals surface area contributed by atoms with Crippen molar-refractivity contribution in [2.45, 2.75) is 0 Å². The van der Waals surface area contributed by atoms with Gasteiger partial charge in [-0.05, 0) is 35.4 Å². The van der Waals surface area contributed by atoms with E-state index < -0.39 is 0 Å². The summed E-state index contributed by atoms with van der Waals surface area (Å²) in [5.41, 5.74) is 4.34. The average molecular weight is 384 g/mol. The Morgan fingerprint density at radius 3 is 2.17 bits per heavy atom. The van der Waals surface area contributed by atoms with Gasteiger partial charge in [-0.3, -0.25) is 0 Å². The van der Waals surface area contributed by atoms with Gasteiger partial charge in [0, 0.05) is 17.2 Å². The Labute approximate surface area is 169 Å². The summed E-state index contributed by atoms with van der Waals surface area (Å²) < 4.78 is 16.1. The number of rotatable bonds is 5. The molecule has 0 aliphatic carbocycles. The minimum Gasteiger partial charge on any atom is -0.497 e. The van der Waals surface area contributed by atoms with E-state index in [1.807, 2.05) is 54.6 Å². The molecule has 1 aliphatic rings. The standard InChI is InChI=1S/C25H20O4/c1-27-22-13-12-20(23(16-22)28-2)14-21-15-24(29-25(21)26)19-10-8-18(9-11-19)17-6-4-3-5-7-17/h3-16H,1-2H3. The smallest absolute Gasteiger partial charge is 0.343 e. The Hall–Kier alpha value is -3.79. The molecule has 0 N–H and O–H groups in total. The fraction of sp³-hybridized carbons (Fsp3) is 0.0800. The van der Waals surface area contributed by atoms with Crippen LogP contribution >= 0.6 is 0 Å². The van der Waals surface area contributed by atoms with E-state index in [-0.39, 0.29) is 5.97 Å². The molecule has 1 aliphatic heterocycles. The summed E-state index contributed by atoms with van der Waals surface area (Å²) >= 11 is 0. The minimum absolute atomic E-state index is 0.384. The summed E-state index contributed by atoms with van der Waals surface area (Å²) in [6.45, 7) is 0. The molecule has 0 aromatic heterocycles. The molecule has 0 radical (unpaired) electrons. The Kier molecular flexibility index (Phi) is 5.16. The van der Waals surface area contributed by atoms with Gasteiger partial charge in [-0.1, -0.05) is 54.6 Å². The molecule has 0 bridgehead atoms. The van der Waals surface area contributed by atoms with Crippen molar-refractivity contribution in [2.24, 2.45) is 0 Å². The molecule has 0 saturated carbocycles. The second kappa shape index (κ2) is 8.07. The predicted octanol–water partition coefficient (Wildman–Crippen LogP) is 5.35. The van der Waals surface area contributed by atoms with Gasteiger partial charge >= 0.3 is 5.97 Å².